The first-order valence-electron chi connectivity index (χ1n) is 11.7. The number of rotatable bonds is 3. The summed E-state index contributed by atoms with van der Waals surface area (Å²) in [5.74, 6) is 1.50. The molecule has 8 fully saturated rings. The molecule has 1 unspecified atom stereocenters. The molecule has 0 aromatic heterocycles. The van der Waals surface area contributed by atoms with Gasteiger partial charge in [-0.3, -0.25) is 9.69 Å². The molecule has 8 rings (SSSR count). The summed E-state index contributed by atoms with van der Waals surface area (Å²) in [6.07, 6.45) is 8.38. The Morgan fingerprint density at radius 1 is 1.28 bits per heavy atom. The van der Waals surface area contributed by atoms with Crippen molar-refractivity contribution in [2.45, 2.75) is 77.2 Å². The number of hydrogen-bond acceptors (Lipinski definition) is 5. The summed E-state index contributed by atoms with van der Waals surface area (Å²) >= 11 is 0. The number of fused-ring (bicyclic) bond motifs is 2. The Balaban J connectivity index is 1.51. The maximum atomic E-state index is 12.1. The topological polar surface area (TPSA) is 59.0 Å². The van der Waals surface area contributed by atoms with Gasteiger partial charge in [0.2, 0.25) is 0 Å². The van der Waals surface area contributed by atoms with Crippen molar-refractivity contribution >= 4 is 5.97 Å². The van der Waals surface area contributed by atoms with Gasteiger partial charge in [0.15, 0.2) is 0 Å². The van der Waals surface area contributed by atoms with E-state index in [1.807, 2.05) is 0 Å². The van der Waals surface area contributed by atoms with E-state index in [4.69, 9.17) is 9.47 Å². The number of piperidine rings is 1. The molecule has 2 spiro atoms. The molecule has 3 aliphatic heterocycles. The monoisotopic (exact) mass is 401 g/mol. The van der Waals surface area contributed by atoms with Crippen molar-refractivity contribution in [1.82, 2.24) is 4.90 Å². The number of esters is 1. The van der Waals surface area contributed by atoms with Gasteiger partial charge in [0.25, 0.3) is 0 Å². The van der Waals surface area contributed by atoms with E-state index in [2.05, 4.69) is 18.4 Å². The maximum absolute atomic E-state index is 12.1. The third-order valence-corrected chi connectivity index (χ3v) is 10.3. The zero-order valence-electron chi connectivity index (χ0n) is 17.9. The lowest BCUT2D eigenvalue weighted by molar-refractivity contribution is -0.405. The Kier molecular flexibility index (Phi) is 3.81. The first-order valence-corrected chi connectivity index (χ1v) is 11.7. The second-order valence-corrected chi connectivity index (χ2v) is 11.3. The van der Waals surface area contributed by atoms with E-state index < -0.39 is 0 Å². The van der Waals surface area contributed by atoms with E-state index in [9.17, 15) is 9.90 Å². The lowest BCUT2D eigenvalue weighted by Gasteiger charge is -2.79. The van der Waals surface area contributed by atoms with Crippen LogP contribution in [0.2, 0.25) is 0 Å². The normalized spacial score (nSPS) is 54.9. The molecule has 0 aromatic carbocycles. The summed E-state index contributed by atoms with van der Waals surface area (Å²) in [7, 11) is 0. The van der Waals surface area contributed by atoms with Crippen molar-refractivity contribution in [2.75, 3.05) is 19.7 Å². The highest BCUT2D eigenvalue weighted by atomic mass is 16.6. The molecule has 0 radical (unpaired) electrons. The van der Waals surface area contributed by atoms with Crippen LogP contribution in [-0.2, 0) is 14.3 Å². The third-order valence-electron chi connectivity index (χ3n) is 10.3. The first-order chi connectivity index (χ1) is 13.9. The minimum atomic E-state index is -0.189. The predicted molar refractivity (Wildman–Crippen MR) is 108 cm³/mol. The summed E-state index contributed by atoms with van der Waals surface area (Å²) in [5.41, 5.74) is 1.49. The Morgan fingerprint density at radius 3 is 2.86 bits per heavy atom. The van der Waals surface area contributed by atoms with E-state index >= 15 is 0 Å². The molecular weight excluding hydrogens is 366 g/mol. The third kappa shape index (κ3) is 2.06. The molecule has 0 amide bonds. The average Bonchev–Trinajstić information content (AvgIpc) is 2.68. The van der Waals surface area contributed by atoms with Crippen molar-refractivity contribution < 1.29 is 19.4 Å². The van der Waals surface area contributed by atoms with Gasteiger partial charge in [-0.05, 0) is 67.3 Å². The number of β-amino-alcohol motifs (C(OH)–C–C–N with tert-alkyl or cyclic N) is 1. The second-order valence-electron chi connectivity index (χ2n) is 11.3. The van der Waals surface area contributed by atoms with Crippen LogP contribution in [0.4, 0.5) is 0 Å². The number of carbonyl (C=O) groups is 1. The van der Waals surface area contributed by atoms with Crippen LogP contribution in [0.1, 0.15) is 58.8 Å². The van der Waals surface area contributed by atoms with Crippen molar-refractivity contribution in [3.63, 3.8) is 0 Å². The summed E-state index contributed by atoms with van der Waals surface area (Å²) in [5, 5.41) is 9.78. The van der Waals surface area contributed by atoms with Crippen LogP contribution in [-0.4, -0.2) is 54.1 Å². The number of aliphatic hydroxyl groups is 1. The van der Waals surface area contributed by atoms with Crippen LogP contribution in [0.25, 0.3) is 0 Å². The van der Waals surface area contributed by atoms with Gasteiger partial charge in [-0.2, -0.15) is 0 Å². The largest absolute Gasteiger partial charge is 0.457 e. The summed E-state index contributed by atoms with van der Waals surface area (Å²) in [6, 6.07) is 0. The molecule has 1 N–H and O–H groups in total. The van der Waals surface area contributed by atoms with E-state index in [0.29, 0.717) is 29.7 Å². The van der Waals surface area contributed by atoms with Crippen molar-refractivity contribution in [3.8, 4) is 0 Å². The average molecular weight is 402 g/mol. The standard InChI is InChI=1S/C24H35NO4/c1-14-16-5-8-24(20(14)28-15(2)27)18(11-16)23-7-4-6-22(3)13-25(9-10-26)21(23)29-19(24)12-17(22)23/h16-21,26H,1,4-13H2,2-3H3/t16-,17+,18-,19+,20-,21?,22-,23-,24+/m0/s1. The number of nitrogens with zero attached hydrogens (tertiary/aromatic N) is 1. The molecule has 5 aliphatic carbocycles. The molecule has 3 saturated heterocycles. The van der Waals surface area contributed by atoms with Crippen molar-refractivity contribution in [1.29, 1.82) is 0 Å². The zero-order chi connectivity index (χ0) is 20.2. The highest BCUT2D eigenvalue weighted by Gasteiger charge is 2.79. The van der Waals surface area contributed by atoms with Crippen molar-refractivity contribution in [3.05, 3.63) is 12.2 Å². The molecule has 5 saturated carbocycles. The fourth-order valence-electron chi connectivity index (χ4n) is 9.62. The van der Waals surface area contributed by atoms with E-state index in [1.165, 1.54) is 32.6 Å². The smallest absolute Gasteiger partial charge is 0.303 e. The molecule has 7 bridgehead atoms. The van der Waals surface area contributed by atoms with Crippen LogP contribution in [0, 0.1) is 34.0 Å². The van der Waals surface area contributed by atoms with Gasteiger partial charge >= 0.3 is 5.97 Å². The fraction of sp³-hybridized carbons (Fsp3) is 0.875. The Hall–Kier alpha value is -0.910. The Morgan fingerprint density at radius 2 is 2.10 bits per heavy atom. The Labute approximate surface area is 173 Å². The van der Waals surface area contributed by atoms with E-state index in [1.54, 1.807) is 0 Å². The Bertz CT molecular complexity index is 768. The molecule has 3 heterocycles. The summed E-state index contributed by atoms with van der Waals surface area (Å²) < 4.78 is 13.0. The van der Waals surface area contributed by atoms with Gasteiger partial charge in [-0.1, -0.05) is 19.9 Å². The second kappa shape index (κ2) is 5.86. The fourth-order valence-corrected chi connectivity index (χ4v) is 9.62. The molecule has 8 aliphatic rings. The quantitative estimate of drug-likeness (QED) is 0.582. The van der Waals surface area contributed by atoms with Gasteiger partial charge in [0, 0.05) is 30.8 Å². The number of carbonyl (C=O) groups excluding carboxylic acids is 1. The number of hydrogen-bond donors (Lipinski definition) is 1. The van der Waals surface area contributed by atoms with E-state index in [-0.39, 0.29) is 41.8 Å². The molecule has 9 atom stereocenters. The number of likely N-dealkylation sites (tertiary alicyclic amines) is 1. The van der Waals surface area contributed by atoms with Crippen molar-refractivity contribution in [2.24, 2.45) is 34.0 Å². The van der Waals surface area contributed by atoms with Gasteiger partial charge in [-0.25, -0.2) is 0 Å². The van der Waals surface area contributed by atoms with Crippen LogP contribution in [0.5, 0.6) is 0 Å². The molecule has 5 nitrogen and oxygen atoms in total. The zero-order valence-corrected chi connectivity index (χ0v) is 17.9. The van der Waals surface area contributed by atoms with Gasteiger partial charge in [-0.15, -0.1) is 0 Å². The van der Waals surface area contributed by atoms with Crippen LogP contribution in [0.3, 0.4) is 0 Å². The molecule has 29 heavy (non-hydrogen) atoms. The molecular formula is C24H35NO4. The minimum Gasteiger partial charge on any atom is -0.457 e. The SMILES string of the molecule is C=C1[C@H]2CC[C@@]3([C@H]4C[C@@H]5[C@@]6(C)CCC[C@@]5(C(O4)N(CCO)C6)[C@@H]3C2)[C@H]1OC(C)=O. The van der Waals surface area contributed by atoms with Gasteiger partial charge in [0.1, 0.15) is 12.3 Å². The minimum absolute atomic E-state index is 0.0923. The van der Waals surface area contributed by atoms with Gasteiger partial charge in [0.05, 0.1) is 12.7 Å². The lowest BCUT2D eigenvalue weighted by Crippen LogP contribution is -2.82. The summed E-state index contributed by atoms with van der Waals surface area (Å²) in [6.45, 7) is 10.4. The molecule has 160 valence electrons. The number of ether oxygens (including phenoxy) is 2. The lowest BCUT2D eigenvalue weighted by atomic mass is 9.32. The first kappa shape index (κ1) is 18.8. The van der Waals surface area contributed by atoms with E-state index in [0.717, 1.165) is 31.4 Å². The molecule has 0 aromatic rings. The summed E-state index contributed by atoms with van der Waals surface area (Å²) in [4.78, 5) is 14.5. The van der Waals surface area contributed by atoms with Crippen LogP contribution >= 0.6 is 0 Å². The van der Waals surface area contributed by atoms with Crippen LogP contribution < -0.4 is 0 Å². The van der Waals surface area contributed by atoms with Crippen LogP contribution in [0.15, 0.2) is 12.2 Å². The molecule has 5 heteroatoms. The van der Waals surface area contributed by atoms with Gasteiger partial charge < -0.3 is 14.6 Å². The highest BCUT2D eigenvalue weighted by Crippen LogP contribution is 2.78. The predicted octanol–water partition coefficient (Wildman–Crippen LogP) is 3.12. The number of aliphatic hydroxyl groups excluding tert-OH is 1. The highest BCUT2D eigenvalue weighted by molar-refractivity contribution is 5.67. The maximum Gasteiger partial charge on any atom is 0.303 e.